The van der Waals surface area contributed by atoms with E-state index in [9.17, 15) is 18.4 Å². The first kappa shape index (κ1) is 17.7. The summed E-state index contributed by atoms with van der Waals surface area (Å²) in [5.41, 5.74) is 1.37. The van der Waals surface area contributed by atoms with Crippen molar-refractivity contribution < 1.29 is 27.8 Å². The maximum absolute atomic E-state index is 12.3. The number of urea groups is 1. The first-order valence-corrected chi connectivity index (χ1v) is 7.12. The van der Waals surface area contributed by atoms with Crippen LogP contribution in [0.1, 0.15) is 18.5 Å². The lowest BCUT2D eigenvalue weighted by Crippen LogP contribution is -2.47. The molecule has 1 atom stereocenters. The van der Waals surface area contributed by atoms with Gasteiger partial charge in [-0.2, -0.15) is 8.78 Å². The molecule has 1 heterocycles. The Morgan fingerprint density at radius 3 is 2.29 bits per heavy atom. The smallest absolute Gasteiger partial charge is 0.387 e. The molecule has 24 heavy (non-hydrogen) atoms. The zero-order valence-corrected chi connectivity index (χ0v) is 13.7. The van der Waals surface area contributed by atoms with Crippen molar-refractivity contribution in [3.05, 3.63) is 41.1 Å². The number of ether oxygens (including phenoxy) is 2. The van der Waals surface area contributed by atoms with E-state index in [0.29, 0.717) is 16.8 Å². The van der Waals surface area contributed by atoms with Gasteiger partial charge in [0.15, 0.2) is 0 Å². The van der Waals surface area contributed by atoms with E-state index in [1.165, 1.54) is 41.2 Å². The number of esters is 1. The molecule has 0 aliphatic carbocycles. The summed E-state index contributed by atoms with van der Waals surface area (Å²) in [4.78, 5) is 27.3. The Labute approximate surface area is 138 Å². The molecule has 8 heteroatoms. The summed E-state index contributed by atoms with van der Waals surface area (Å²) in [6, 6.07) is 4.83. The predicted molar refractivity (Wildman–Crippen MR) is 81.5 cm³/mol. The van der Waals surface area contributed by atoms with Gasteiger partial charge in [0.05, 0.1) is 18.7 Å². The Hall–Kier alpha value is -2.64. The zero-order valence-electron chi connectivity index (χ0n) is 13.7. The minimum absolute atomic E-state index is 0.00373. The second-order valence-corrected chi connectivity index (χ2v) is 5.29. The molecule has 0 N–H and O–H groups in total. The molecule has 1 unspecified atom stereocenters. The van der Waals surface area contributed by atoms with Gasteiger partial charge in [-0.15, -0.1) is 0 Å². The Balaban J connectivity index is 2.48. The van der Waals surface area contributed by atoms with Crippen molar-refractivity contribution in [1.29, 1.82) is 0 Å². The molecule has 6 nitrogen and oxygen atoms in total. The maximum atomic E-state index is 12.3. The van der Waals surface area contributed by atoms with Crippen LogP contribution < -0.4 is 4.74 Å². The average Bonchev–Trinajstić information content (AvgIpc) is 2.55. The summed E-state index contributed by atoms with van der Waals surface area (Å²) in [6.45, 7) is -1.27. The Bertz CT molecular complexity index is 673. The van der Waals surface area contributed by atoms with E-state index in [0.717, 1.165) is 0 Å². The number of nitrogens with zero attached hydrogens (tertiary/aromatic N) is 2. The lowest BCUT2D eigenvalue weighted by atomic mass is 9.93. The van der Waals surface area contributed by atoms with E-state index in [2.05, 4.69) is 4.74 Å². The third kappa shape index (κ3) is 3.17. The largest absolute Gasteiger partial charge is 0.466 e. The van der Waals surface area contributed by atoms with Gasteiger partial charge in [-0.05, 0) is 24.6 Å². The summed E-state index contributed by atoms with van der Waals surface area (Å²) in [5, 5.41) is 0. The fraction of sp³-hybridized carbons (Fsp3) is 0.375. The molecule has 2 rings (SSSR count). The molecule has 0 saturated carbocycles. The van der Waals surface area contributed by atoms with Crippen LogP contribution in [0.3, 0.4) is 0 Å². The standard InChI is InChI=1S/C16H18F2N2O4/c1-9-12(14(21)23-4)13(20(3)16(22)19(9)2)10-5-7-11(8-6-10)24-15(17)18/h5-8,13,15H,1-4H3. The van der Waals surface area contributed by atoms with Crippen molar-refractivity contribution in [2.75, 3.05) is 21.2 Å². The number of methoxy groups -OCH3 is 1. The summed E-state index contributed by atoms with van der Waals surface area (Å²) in [7, 11) is 4.38. The molecule has 1 aromatic carbocycles. The van der Waals surface area contributed by atoms with E-state index >= 15 is 0 Å². The molecule has 0 bridgehead atoms. The Kier molecular flexibility index (Phi) is 5.06. The summed E-state index contributed by atoms with van der Waals surface area (Å²) < 4.78 is 33.6. The van der Waals surface area contributed by atoms with E-state index in [1.807, 2.05) is 0 Å². The molecule has 0 spiro atoms. The van der Waals surface area contributed by atoms with E-state index < -0.39 is 18.6 Å². The van der Waals surface area contributed by atoms with Crippen molar-refractivity contribution in [1.82, 2.24) is 9.80 Å². The molecule has 0 radical (unpaired) electrons. The van der Waals surface area contributed by atoms with Gasteiger partial charge in [0.2, 0.25) is 0 Å². The number of hydrogen-bond acceptors (Lipinski definition) is 4. The van der Waals surface area contributed by atoms with Crippen LogP contribution in [0.4, 0.5) is 13.6 Å². The molecule has 0 aromatic heterocycles. The first-order valence-electron chi connectivity index (χ1n) is 7.12. The molecule has 2 amide bonds. The number of halogens is 2. The van der Waals surface area contributed by atoms with Crippen LogP contribution in [-0.4, -0.2) is 49.6 Å². The van der Waals surface area contributed by atoms with Crippen LogP contribution in [0, 0.1) is 0 Å². The van der Waals surface area contributed by atoms with Gasteiger partial charge in [0.1, 0.15) is 5.75 Å². The molecule has 1 aliphatic rings. The number of rotatable bonds is 4. The highest BCUT2D eigenvalue weighted by Crippen LogP contribution is 2.36. The van der Waals surface area contributed by atoms with Gasteiger partial charge in [-0.25, -0.2) is 9.59 Å². The monoisotopic (exact) mass is 340 g/mol. The van der Waals surface area contributed by atoms with Crippen LogP contribution in [0.2, 0.25) is 0 Å². The number of carbonyl (C=O) groups is 2. The predicted octanol–water partition coefficient (Wildman–Crippen LogP) is 2.77. The second kappa shape index (κ2) is 6.86. The lowest BCUT2D eigenvalue weighted by Gasteiger charge is -2.39. The number of allylic oxidation sites excluding steroid dienone is 1. The van der Waals surface area contributed by atoms with Crippen molar-refractivity contribution in [3.8, 4) is 5.75 Å². The summed E-state index contributed by atoms with van der Waals surface area (Å²) >= 11 is 0. The van der Waals surface area contributed by atoms with Crippen LogP contribution in [0.15, 0.2) is 35.5 Å². The number of amides is 2. The molecule has 1 aliphatic heterocycles. The van der Waals surface area contributed by atoms with Gasteiger partial charge in [0.25, 0.3) is 0 Å². The van der Waals surface area contributed by atoms with Crippen molar-refractivity contribution in [2.45, 2.75) is 19.6 Å². The topological polar surface area (TPSA) is 59.1 Å². The van der Waals surface area contributed by atoms with Crippen molar-refractivity contribution in [3.63, 3.8) is 0 Å². The lowest BCUT2D eigenvalue weighted by molar-refractivity contribution is -0.137. The van der Waals surface area contributed by atoms with Crippen molar-refractivity contribution in [2.24, 2.45) is 0 Å². The third-order valence-electron chi connectivity index (χ3n) is 3.97. The van der Waals surface area contributed by atoms with Crippen LogP contribution >= 0.6 is 0 Å². The fourth-order valence-corrected chi connectivity index (χ4v) is 2.65. The van der Waals surface area contributed by atoms with Crippen LogP contribution in [0.5, 0.6) is 5.75 Å². The average molecular weight is 340 g/mol. The summed E-state index contributed by atoms with van der Waals surface area (Å²) in [5.74, 6) is -0.562. The van der Waals surface area contributed by atoms with E-state index in [1.54, 1.807) is 21.0 Å². The fourth-order valence-electron chi connectivity index (χ4n) is 2.65. The van der Waals surface area contributed by atoms with Gasteiger partial charge in [-0.3, -0.25) is 0 Å². The number of likely N-dealkylation sites (N-methyl/N-ethyl adjacent to an activating group) is 1. The van der Waals surface area contributed by atoms with E-state index in [4.69, 9.17) is 4.74 Å². The van der Waals surface area contributed by atoms with Crippen molar-refractivity contribution >= 4 is 12.0 Å². The highest BCUT2D eigenvalue weighted by molar-refractivity contribution is 5.94. The highest BCUT2D eigenvalue weighted by Gasteiger charge is 2.38. The van der Waals surface area contributed by atoms with Gasteiger partial charge in [0, 0.05) is 19.8 Å². The molecule has 0 fully saturated rings. The normalized spacial score (nSPS) is 18.3. The molecular formula is C16H18F2N2O4. The third-order valence-corrected chi connectivity index (χ3v) is 3.97. The molecule has 1 aromatic rings. The maximum Gasteiger partial charge on any atom is 0.387 e. The number of carbonyl (C=O) groups excluding carboxylic acids is 2. The van der Waals surface area contributed by atoms with E-state index in [-0.39, 0.29) is 11.8 Å². The second-order valence-electron chi connectivity index (χ2n) is 5.29. The zero-order chi connectivity index (χ0) is 18.0. The Morgan fingerprint density at radius 2 is 1.79 bits per heavy atom. The molecule has 130 valence electrons. The van der Waals surface area contributed by atoms with Gasteiger partial charge < -0.3 is 19.3 Å². The van der Waals surface area contributed by atoms with Crippen LogP contribution in [0.25, 0.3) is 0 Å². The van der Waals surface area contributed by atoms with Gasteiger partial charge >= 0.3 is 18.6 Å². The highest BCUT2D eigenvalue weighted by atomic mass is 19.3. The minimum Gasteiger partial charge on any atom is -0.466 e. The Morgan fingerprint density at radius 1 is 1.21 bits per heavy atom. The first-order chi connectivity index (χ1) is 11.3. The molecule has 0 saturated heterocycles. The SMILES string of the molecule is COC(=O)C1=C(C)N(C)C(=O)N(C)C1c1ccc(OC(F)F)cc1. The van der Waals surface area contributed by atoms with Gasteiger partial charge in [-0.1, -0.05) is 12.1 Å². The number of hydrogen-bond donors (Lipinski definition) is 0. The number of benzene rings is 1. The van der Waals surface area contributed by atoms with Crippen LogP contribution in [-0.2, 0) is 9.53 Å². The molecular weight excluding hydrogens is 322 g/mol. The summed E-state index contributed by atoms with van der Waals surface area (Å²) in [6.07, 6.45) is 0. The minimum atomic E-state index is -2.92. The number of alkyl halides is 2. The quantitative estimate of drug-likeness (QED) is 0.791.